The van der Waals surface area contributed by atoms with Gasteiger partial charge in [-0.2, -0.15) is 0 Å². The molecule has 29 heavy (non-hydrogen) atoms. The highest BCUT2D eigenvalue weighted by Crippen LogP contribution is 2.32. The number of aromatic nitrogens is 1. The number of fused-ring (bicyclic) bond motifs is 1. The number of amides is 1. The number of ketones is 1. The van der Waals surface area contributed by atoms with Crippen LogP contribution in [0.25, 0.3) is 4.91 Å². The van der Waals surface area contributed by atoms with Gasteiger partial charge >= 0.3 is 6.36 Å². The summed E-state index contributed by atoms with van der Waals surface area (Å²) >= 11 is 0.963. The number of hydrogen-bond donors (Lipinski definition) is 2. The Hall–Kier alpha value is -2.88. The van der Waals surface area contributed by atoms with Gasteiger partial charge in [-0.3, -0.25) is 14.3 Å². The lowest BCUT2D eigenvalue weighted by Crippen LogP contribution is -2.33. The third-order valence-electron chi connectivity index (χ3n) is 4.46. The minimum Gasteiger partial charge on any atom is -0.406 e. The number of alkyl halides is 3. The Morgan fingerprint density at radius 3 is 2.79 bits per heavy atom. The molecular formula is C19H18F3N3O3S. The molecule has 2 heterocycles. The Labute approximate surface area is 169 Å². The van der Waals surface area contributed by atoms with Crippen LogP contribution in [-0.2, 0) is 4.79 Å². The Morgan fingerprint density at radius 2 is 2.14 bits per heavy atom. The second kappa shape index (κ2) is 8.24. The molecule has 3 N–H and O–H groups in total. The van der Waals surface area contributed by atoms with E-state index in [-0.39, 0.29) is 23.9 Å². The molecule has 1 aromatic carbocycles. The molecule has 1 aliphatic rings. The van der Waals surface area contributed by atoms with Crippen molar-refractivity contribution in [1.82, 2.24) is 9.29 Å². The number of carbonyl (C=O) groups excluding carboxylic acids is 2. The largest absolute Gasteiger partial charge is 0.573 e. The van der Waals surface area contributed by atoms with Crippen LogP contribution in [0.3, 0.4) is 0 Å². The number of nitrogens with zero attached hydrogens (tertiary/aromatic N) is 1. The number of nitrogens with two attached hydrogens (primary N) is 1. The summed E-state index contributed by atoms with van der Waals surface area (Å²) in [7, 11) is 0. The molecule has 10 heteroatoms. The molecule has 0 saturated carbocycles. The number of carbonyl (C=O) groups is 2. The van der Waals surface area contributed by atoms with Crippen molar-refractivity contribution < 1.29 is 27.5 Å². The van der Waals surface area contributed by atoms with Crippen molar-refractivity contribution in [3.05, 3.63) is 59.5 Å². The number of aryl methyl sites for hydroxylation is 1. The average molecular weight is 425 g/mol. The van der Waals surface area contributed by atoms with E-state index in [2.05, 4.69) is 9.46 Å². The van der Waals surface area contributed by atoms with E-state index < -0.39 is 12.4 Å². The van der Waals surface area contributed by atoms with Crippen LogP contribution in [0.2, 0.25) is 0 Å². The van der Waals surface area contributed by atoms with Gasteiger partial charge in [-0.15, -0.1) is 13.2 Å². The maximum absolute atomic E-state index is 12.6. The fourth-order valence-electron chi connectivity index (χ4n) is 3.16. The molecule has 1 unspecified atom stereocenters. The van der Waals surface area contributed by atoms with Crippen molar-refractivity contribution in [1.29, 1.82) is 0 Å². The molecule has 0 saturated heterocycles. The van der Waals surface area contributed by atoms with Crippen LogP contribution in [0.15, 0.2) is 42.7 Å². The molecule has 154 valence electrons. The Bertz CT molecular complexity index is 969. The highest BCUT2D eigenvalue weighted by Gasteiger charge is 2.31. The summed E-state index contributed by atoms with van der Waals surface area (Å²) in [6.07, 6.45) is -1.15. The third-order valence-corrected chi connectivity index (χ3v) is 5.34. The van der Waals surface area contributed by atoms with E-state index in [4.69, 9.17) is 5.73 Å². The maximum Gasteiger partial charge on any atom is 0.573 e. The normalized spacial score (nSPS) is 17.0. The van der Waals surface area contributed by atoms with Crippen LogP contribution in [0, 0.1) is 6.92 Å². The summed E-state index contributed by atoms with van der Waals surface area (Å²) in [5.74, 6) is -0.642. The highest BCUT2D eigenvalue weighted by atomic mass is 32.2. The average Bonchev–Trinajstić information content (AvgIpc) is 3.13. The zero-order valence-electron chi connectivity index (χ0n) is 15.3. The topological polar surface area (TPSA) is 86.3 Å². The Morgan fingerprint density at radius 1 is 1.38 bits per heavy atom. The fourth-order valence-corrected chi connectivity index (χ4v) is 3.91. The quantitative estimate of drug-likeness (QED) is 0.709. The van der Waals surface area contributed by atoms with Gasteiger partial charge in [0.25, 0.3) is 5.91 Å². The van der Waals surface area contributed by atoms with Crippen molar-refractivity contribution in [3.8, 4) is 5.75 Å². The SMILES string of the molecule is Cc1cc(OC(F)(F)F)ccc1/C(=C/N)SNC(=O)C1CCC(=O)c2cccn21. The molecule has 0 radical (unpaired) electrons. The summed E-state index contributed by atoms with van der Waals surface area (Å²) in [6.45, 7) is 1.61. The number of Topliss-reactive ketones (excluding diaryl/α,β-unsaturated/α-hetero) is 1. The van der Waals surface area contributed by atoms with Gasteiger partial charge in [0.2, 0.25) is 0 Å². The number of rotatable bonds is 5. The molecule has 1 amide bonds. The first kappa shape index (κ1) is 20.8. The lowest BCUT2D eigenvalue weighted by molar-refractivity contribution is -0.274. The first-order chi connectivity index (χ1) is 13.7. The van der Waals surface area contributed by atoms with Gasteiger partial charge in [-0.05, 0) is 66.8 Å². The number of nitrogens with one attached hydrogen (secondary N) is 1. The summed E-state index contributed by atoms with van der Waals surface area (Å²) in [6, 6.07) is 6.73. The van der Waals surface area contributed by atoms with Crippen LogP contribution in [-0.4, -0.2) is 22.6 Å². The van der Waals surface area contributed by atoms with E-state index in [1.807, 2.05) is 0 Å². The monoisotopic (exact) mass is 425 g/mol. The van der Waals surface area contributed by atoms with E-state index in [1.165, 1.54) is 24.4 Å². The lowest BCUT2D eigenvalue weighted by atomic mass is 10.0. The zero-order chi connectivity index (χ0) is 21.2. The van der Waals surface area contributed by atoms with E-state index in [0.29, 0.717) is 28.1 Å². The fraction of sp³-hybridized carbons (Fsp3) is 0.263. The van der Waals surface area contributed by atoms with E-state index in [9.17, 15) is 22.8 Å². The molecule has 1 aromatic heterocycles. The molecule has 6 nitrogen and oxygen atoms in total. The van der Waals surface area contributed by atoms with Crippen molar-refractivity contribution >= 4 is 28.5 Å². The van der Waals surface area contributed by atoms with Crippen LogP contribution >= 0.6 is 11.9 Å². The van der Waals surface area contributed by atoms with E-state index in [1.54, 1.807) is 29.8 Å². The first-order valence-electron chi connectivity index (χ1n) is 8.65. The number of ether oxygens (including phenoxy) is 1. The summed E-state index contributed by atoms with van der Waals surface area (Å²) < 4.78 is 45.3. The summed E-state index contributed by atoms with van der Waals surface area (Å²) in [5, 5.41) is 0. The van der Waals surface area contributed by atoms with E-state index in [0.717, 1.165) is 11.9 Å². The smallest absolute Gasteiger partial charge is 0.406 e. The van der Waals surface area contributed by atoms with Crippen molar-refractivity contribution in [2.45, 2.75) is 32.2 Å². The third kappa shape index (κ3) is 4.76. The van der Waals surface area contributed by atoms with Gasteiger partial charge in [-0.25, -0.2) is 0 Å². The van der Waals surface area contributed by atoms with Crippen molar-refractivity contribution in [3.63, 3.8) is 0 Å². The molecule has 1 atom stereocenters. The lowest BCUT2D eigenvalue weighted by Gasteiger charge is -2.24. The predicted molar refractivity (Wildman–Crippen MR) is 103 cm³/mol. The van der Waals surface area contributed by atoms with E-state index >= 15 is 0 Å². The number of hydrogen-bond acceptors (Lipinski definition) is 5. The van der Waals surface area contributed by atoms with Crippen LogP contribution in [0.5, 0.6) is 5.75 Å². The highest BCUT2D eigenvalue weighted by molar-refractivity contribution is 8.07. The standard InChI is InChI=1S/C19H18F3N3O3S/c1-11-9-12(28-19(20,21)22)4-5-13(11)17(10-23)29-24-18(27)15-6-7-16(26)14-3-2-8-25(14)15/h2-5,8-10,15H,6-7,23H2,1H3,(H,24,27)/b17-10-. The summed E-state index contributed by atoms with van der Waals surface area (Å²) in [5.41, 5.74) is 7.22. The second-order valence-corrected chi connectivity index (χ2v) is 7.25. The van der Waals surface area contributed by atoms with Crippen LogP contribution in [0.4, 0.5) is 13.2 Å². The molecular weight excluding hydrogens is 407 g/mol. The minimum atomic E-state index is -4.78. The number of benzene rings is 1. The zero-order valence-corrected chi connectivity index (χ0v) is 16.1. The molecule has 0 bridgehead atoms. The molecule has 3 rings (SSSR count). The Balaban J connectivity index is 1.69. The molecule has 0 fully saturated rings. The van der Waals surface area contributed by atoms with Crippen molar-refractivity contribution in [2.75, 3.05) is 0 Å². The number of halogens is 3. The predicted octanol–water partition coefficient (Wildman–Crippen LogP) is 3.93. The van der Waals surface area contributed by atoms with Crippen LogP contribution in [0.1, 0.15) is 40.5 Å². The minimum absolute atomic E-state index is 0.00830. The van der Waals surface area contributed by atoms with Gasteiger partial charge in [0.15, 0.2) is 5.78 Å². The Kier molecular flexibility index (Phi) is 5.92. The first-order valence-corrected chi connectivity index (χ1v) is 9.46. The van der Waals surface area contributed by atoms with Gasteiger partial charge in [0.05, 0.1) is 10.6 Å². The maximum atomic E-state index is 12.6. The van der Waals surface area contributed by atoms with Gasteiger partial charge in [0, 0.05) is 18.8 Å². The van der Waals surface area contributed by atoms with Crippen molar-refractivity contribution in [2.24, 2.45) is 5.73 Å². The van der Waals surface area contributed by atoms with Gasteiger partial charge in [0.1, 0.15) is 11.8 Å². The van der Waals surface area contributed by atoms with Crippen LogP contribution < -0.4 is 15.2 Å². The molecule has 2 aromatic rings. The second-order valence-electron chi connectivity index (χ2n) is 6.40. The van der Waals surface area contributed by atoms with Gasteiger partial charge < -0.3 is 15.0 Å². The molecule has 0 aliphatic carbocycles. The summed E-state index contributed by atoms with van der Waals surface area (Å²) in [4.78, 5) is 25.0. The molecule has 0 spiro atoms. The van der Waals surface area contributed by atoms with Gasteiger partial charge in [-0.1, -0.05) is 0 Å². The molecule has 1 aliphatic heterocycles.